The normalized spacial score (nSPS) is 17.5. The van der Waals surface area contributed by atoms with Crippen LogP contribution in [0.3, 0.4) is 0 Å². The van der Waals surface area contributed by atoms with Gasteiger partial charge >= 0.3 is 13.8 Å². The lowest BCUT2D eigenvalue weighted by atomic mass is 10.2. The molecule has 0 saturated heterocycles. The maximum absolute atomic E-state index is 10.7. The number of aliphatic hydroxyl groups is 2. The Labute approximate surface area is 95.8 Å². The predicted molar refractivity (Wildman–Crippen MR) is 51.6 cm³/mol. The van der Waals surface area contributed by atoms with Crippen LogP contribution in [-0.4, -0.2) is 62.7 Å². The fourth-order valence-corrected chi connectivity index (χ4v) is 1.00. The zero-order valence-corrected chi connectivity index (χ0v) is 9.49. The van der Waals surface area contributed by atoms with E-state index in [4.69, 9.17) is 30.8 Å². The van der Waals surface area contributed by atoms with Crippen molar-refractivity contribution < 1.29 is 43.7 Å². The first-order valence-electron chi connectivity index (χ1n) is 4.26. The highest BCUT2D eigenvalue weighted by atomic mass is 31.2. The summed E-state index contributed by atoms with van der Waals surface area (Å²) in [7, 11) is -4.89. The molecule has 0 heterocycles. The van der Waals surface area contributed by atoms with Crippen molar-refractivity contribution in [2.24, 2.45) is 5.73 Å². The Bertz CT molecular complexity index is 304. The van der Waals surface area contributed by atoms with Crippen LogP contribution in [-0.2, 0) is 18.6 Å². The highest BCUT2D eigenvalue weighted by Gasteiger charge is 2.38. The first-order chi connectivity index (χ1) is 7.60. The van der Waals surface area contributed by atoms with Crippen LogP contribution in [0.25, 0.3) is 0 Å². The number of nitrogens with two attached hydrogens (primary N) is 1. The van der Waals surface area contributed by atoms with E-state index in [-0.39, 0.29) is 0 Å². The first-order valence-corrected chi connectivity index (χ1v) is 5.79. The average Bonchev–Trinajstić information content (AvgIpc) is 2.21. The molecule has 102 valence electrons. The molecule has 10 nitrogen and oxygen atoms in total. The molecule has 0 aromatic carbocycles. The summed E-state index contributed by atoms with van der Waals surface area (Å²) < 4.78 is 18.8. The zero-order chi connectivity index (χ0) is 13.7. The van der Waals surface area contributed by atoms with Crippen LogP contribution in [0.5, 0.6) is 0 Å². The van der Waals surface area contributed by atoms with Gasteiger partial charge in [-0.2, -0.15) is 0 Å². The van der Waals surface area contributed by atoms with Gasteiger partial charge in [0.15, 0.2) is 0 Å². The minimum atomic E-state index is -4.89. The van der Waals surface area contributed by atoms with Gasteiger partial charge in [-0.05, 0) is 0 Å². The molecule has 0 spiro atoms. The topological polar surface area (TPSA) is 180 Å². The van der Waals surface area contributed by atoms with Crippen molar-refractivity contribution in [2.75, 3.05) is 19.8 Å². The smallest absolute Gasteiger partial charge is 0.469 e. The lowest BCUT2D eigenvalue weighted by molar-refractivity contribution is -0.175. The van der Waals surface area contributed by atoms with Crippen molar-refractivity contribution >= 4 is 13.8 Å². The lowest BCUT2D eigenvalue weighted by Gasteiger charge is -2.25. The maximum atomic E-state index is 10.7. The lowest BCUT2D eigenvalue weighted by Crippen LogP contribution is -2.55. The SMILES string of the molecule is N[C@](COP(=O)(O)O)(OC[C@@H](O)CO)C(=O)O. The van der Waals surface area contributed by atoms with Crippen LogP contribution >= 0.6 is 7.82 Å². The molecule has 0 fully saturated rings. The number of phosphoric acid groups is 1. The van der Waals surface area contributed by atoms with Crippen molar-refractivity contribution in [3.8, 4) is 0 Å². The monoisotopic (exact) mass is 275 g/mol. The molecular weight excluding hydrogens is 261 g/mol. The minimum absolute atomic E-state index is 0.635. The van der Waals surface area contributed by atoms with Gasteiger partial charge in [-0.1, -0.05) is 0 Å². The van der Waals surface area contributed by atoms with Crippen molar-refractivity contribution in [2.45, 2.75) is 11.8 Å². The van der Waals surface area contributed by atoms with Gasteiger partial charge in [-0.3, -0.25) is 10.3 Å². The van der Waals surface area contributed by atoms with Gasteiger partial charge in [-0.25, -0.2) is 9.36 Å². The Morgan fingerprint density at radius 1 is 1.47 bits per heavy atom. The largest absolute Gasteiger partial charge is 0.478 e. The van der Waals surface area contributed by atoms with E-state index < -0.39 is 45.4 Å². The molecule has 17 heavy (non-hydrogen) atoms. The minimum Gasteiger partial charge on any atom is -0.478 e. The Balaban J connectivity index is 4.47. The maximum Gasteiger partial charge on any atom is 0.469 e. The van der Waals surface area contributed by atoms with E-state index in [1.807, 2.05) is 0 Å². The van der Waals surface area contributed by atoms with Crippen molar-refractivity contribution in [3.05, 3.63) is 0 Å². The quantitative estimate of drug-likeness (QED) is 0.200. The van der Waals surface area contributed by atoms with E-state index in [1.54, 1.807) is 0 Å². The second-order valence-electron chi connectivity index (χ2n) is 3.11. The summed E-state index contributed by atoms with van der Waals surface area (Å²) in [5.74, 6) is -1.74. The Kier molecular flexibility index (Phi) is 6.16. The summed E-state index contributed by atoms with van der Waals surface area (Å²) in [6.45, 7) is -2.44. The number of carbonyl (C=O) groups is 1. The molecule has 7 N–H and O–H groups in total. The number of ether oxygens (including phenoxy) is 1. The Morgan fingerprint density at radius 3 is 2.35 bits per heavy atom. The Hall–Kier alpha value is -0.580. The third-order valence-electron chi connectivity index (χ3n) is 1.55. The Morgan fingerprint density at radius 2 is 2.00 bits per heavy atom. The molecule has 0 aliphatic carbocycles. The fraction of sp³-hybridized carbons (Fsp3) is 0.833. The molecule has 11 heteroatoms. The summed E-state index contributed by atoms with van der Waals surface area (Å²) >= 11 is 0. The number of rotatable bonds is 8. The second kappa shape index (κ2) is 6.38. The molecular formula is C6H14NO9P. The molecule has 0 radical (unpaired) electrons. The van der Waals surface area contributed by atoms with Crippen LogP contribution < -0.4 is 5.73 Å². The van der Waals surface area contributed by atoms with Crippen LogP contribution in [0.2, 0.25) is 0 Å². The van der Waals surface area contributed by atoms with E-state index in [1.165, 1.54) is 0 Å². The van der Waals surface area contributed by atoms with Crippen LogP contribution in [0.15, 0.2) is 0 Å². The number of hydrogen-bond acceptors (Lipinski definition) is 7. The van der Waals surface area contributed by atoms with Crippen molar-refractivity contribution in [3.63, 3.8) is 0 Å². The first kappa shape index (κ1) is 16.4. The molecule has 0 aliphatic heterocycles. The van der Waals surface area contributed by atoms with Gasteiger partial charge in [0.2, 0.25) is 5.72 Å². The molecule has 2 atom stereocenters. The van der Waals surface area contributed by atoms with Crippen molar-refractivity contribution in [1.82, 2.24) is 0 Å². The summed E-state index contributed by atoms with van der Waals surface area (Å²) in [5.41, 5.74) is 2.64. The number of carboxylic acids is 1. The molecule has 0 unspecified atom stereocenters. The second-order valence-corrected chi connectivity index (χ2v) is 4.35. The summed E-state index contributed by atoms with van der Waals surface area (Å²) in [5, 5.41) is 26.1. The number of aliphatic hydroxyl groups excluding tert-OH is 2. The van der Waals surface area contributed by atoms with E-state index in [2.05, 4.69) is 9.26 Å². The molecule has 0 aromatic heterocycles. The third kappa shape index (κ3) is 6.66. The van der Waals surface area contributed by atoms with Gasteiger partial charge < -0.3 is 29.8 Å². The average molecular weight is 275 g/mol. The number of phosphoric ester groups is 1. The van der Waals surface area contributed by atoms with Gasteiger partial charge in [-0.15, -0.1) is 0 Å². The van der Waals surface area contributed by atoms with Crippen molar-refractivity contribution in [1.29, 1.82) is 0 Å². The third-order valence-corrected chi connectivity index (χ3v) is 2.02. The number of hydrogen-bond donors (Lipinski definition) is 6. The summed E-state index contributed by atoms with van der Waals surface area (Å²) in [6.07, 6.45) is -1.37. The predicted octanol–water partition coefficient (Wildman–Crippen LogP) is -2.79. The molecule has 0 aliphatic rings. The van der Waals surface area contributed by atoms with E-state index in [0.29, 0.717) is 0 Å². The van der Waals surface area contributed by atoms with Crippen LogP contribution in [0, 0.1) is 0 Å². The van der Waals surface area contributed by atoms with E-state index >= 15 is 0 Å². The highest BCUT2D eigenvalue weighted by Crippen LogP contribution is 2.36. The molecule has 0 rings (SSSR count). The fourth-order valence-electron chi connectivity index (χ4n) is 0.643. The summed E-state index contributed by atoms with van der Waals surface area (Å²) in [4.78, 5) is 27.5. The molecule has 0 saturated carbocycles. The standard InChI is InChI=1S/C6H14NO9P/c7-6(5(10)11,3-16-17(12,13)14)15-2-4(9)1-8/h4,8-9H,1-3,7H2,(H,10,11)(H2,12,13,14)/t4-,6+/m0/s1. The van der Waals surface area contributed by atoms with E-state index in [9.17, 15) is 9.36 Å². The van der Waals surface area contributed by atoms with Gasteiger partial charge in [0, 0.05) is 0 Å². The van der Waals surface area contributed by atoms with Crippen LogP contribution in [0.4, 0.5) is 0 Å². The number of carboxylic acid groups (broad SMARTS) is 1. The van der Waals surface area contributed by atoms with Gasteiger partial charge in [0.25, 0.3) is 0 Å². The van der Waals surface area contributed by atoms with Gasteiger partial charge in [0.1, 0.15) is 12.7 Å². The van der Waals surface area contributed by atoms with Gasteiger partial charge in [0.05, 0.1) is 13.2 Å². The zero-order valence-electron chi connectivity index (χ0n) is 8.59. The summed E-state index contributed by atoms with van der Waals surface area (Å²) in [6, 6.07) is 0. The van der Waals surface area contributed by atoms with Crippen LogP contribution in [0.1, 0.15) is 0 Å². The molecule has 0 aromatic rings. The van der Waals surface area contributed by atoms with E-state index in [0.717, 1.165) is 0 Å². The molecule has 0 amide bonds. The molecule has 0 bridgehead atoms. The number of aliphatic carboxylic acids is 1. The highest BCUT2D eigenvalue weighted by molar-refractivity contribution is 7.46.